The molecule has 1 aromatic carbocycles. The Labute approximate surface area is 124 Å². The Bertz CT molecular complexity index is 329. The number of thioether (sulfide) groups is 1. The van der Waals surface area contributed by atoms with E-state index in [9.17, 15) is 0 Å². The summed E-state index contributed by atoms with van der Waals surface area (Å²) >= 11 is 5.36. The van der Waals surface area contributed by atoms with E-state index in [-0.39, 0.29) is 0 Å². The van der Waals surface area contributed by atoms with Crippen LogP contribution < -0.4 is 5.32 Å². The predicted molar refractivity (Wildman–Crippen MR) is 87.7 cm³/mol. The highest BCUT2D eigenvalue weighted by atomic mass is 79.9. The Morgan fingerprint density at radius 1 is 1.33 bits per heavy atom. The summed E-state index contributed by atoms with van der Waals surface area (Å²) in [5.41, 5.74) is 1.18. The van der Waals surface area contributed by atoms with Gasteiger partial charge < -0.3 is 10.2 Å². The smallest absolute Gasteiger partial charge is 0.0341 e. The molecule has 0 aromatic heterocycles. The molecule has 18 heavy (non-hydrogen) atoms. The van der Waals surface area contributed by atoms with E-state index in [1.807, 2.05) is 11.8 Å². The number of halogens is 1. The number of hydrogen-bond acceptors (Lipinski definition) is 3. The normalized spacial score (nSPS) is 12.7. The van der Waals surface area contributed by atoms with Crippen molar-refractivity contribution in [1.29, 1.82) is 0 Å². The molecular formula is C14H23BrN2S. The minimum atomic E-state index is 0.657. The highest BCUT2D eigenvalue weighted by Crippen LogP contribution is 2.13. The van der Waals surface area contributed by atoms with Crippen LogP contribution in [0, 0.1) is 0 Å². The second-order valence-electron chi connectivity index (χ2n) is 4.54. The van der Waals surface area contributed by atoms with Gasteiger partial charge in [0, 0.05) is 29.3 Å². The van der Waals surface area contributed by atoms with Gasteiger partial charge in [0.2, 0.25) is 0 Å². The van der Waals surface area contributed by atoms with Crippen LogP contribution in [-0.2, 0) is 0 Å². The minimum absolute atomic E-state index is 0.657. The molecule has 1 N–H and O–H groups in total. The van der Waals surface area contributed by atoms with Crippen LogP contribution in [0.15, 0.2) is 28.7 Å². The summed E-state index contributed by atoms with van der Waals surface area (Å²) in [5, 5.41) is 3.45. The molecular weight excluding hydrogens is 308 g/mol. The second-order valence-corrected chi connectivity index (χ2v) is 6.45. The average molecular weight is 331 g/mol. The lowest BCUT2D eigenvalue weighted by Crippen LogP contribution is -2.33. The number of benzene rings is 1. The molecule has 1 unspecified atom stereocenters. The van der Waals surface area contributed by atoms with Crippen molar-refractivity contribution in [3.05, 3.63) is 28.7 Å². The predicted octanol–water partition coefficient (Wildman–Crippen LogP) is 3.93. The Morgan fingerprint density at radius 3 is 2.61 bits per heavy atom. The van der Waals surface area contributed by atoms with E-state index in [4.69, 9.17) is 0 Å². The largest absolute Gasteiger partial charge is 0.384 e. The molecule has 1 rings (SSSR count). The number of hydrogen-bond donors (Lipinski definition) is 1. The van der Waals surface area contributed by atoms with E-state index in [0.717, 1.165) is 17.6 Å². The molecule has 1 atom stereocenters. The lowest BCUT2D eigenvalue weighted by Gasteiger charge is -2.24. The van der Waals surface area contributed by atoms with Crippen LogP contribution in [-0.4, -0.2) is 43.1 Å². The monoisotopic (exact) mass is 330 g/mol. The average Bonchev–Trinajstić information content (AvgIpc) is 2.38. The van der Waals surface area contributed by atoms with E-state index in [1.165, 1.54) is 17.9 Å². The molecule has 2 nitrogen and oxygen atoms in total. The van der Waals surface area contributed by atoms with Crippen LogP contribution in [0.2, 0.25) is 0 Å². The van der Waals surface area contributed by atoms with Crippen molar-refractivity contribution in [2.45, 2.75) is 19.4 Å². The molecule has 0 radical (unpaired) electrons. The Balaban J connectivity index is 2.22. The maximum absolute atomic E-state index is 3.45. The van der Waals surface area contributed by atoms with Gasteiger partial charge in [-0.1, -0.05) is 15.9 Å². The first kappa shape index (κ1) is 15.9. The topological polar surface area (TPSA) is 15.3 Å². The van der Waals surface area contributed by atoms with Gasteiger partial charge in [-0.3, -0.25) is 0 Å². The third-order valence-electron chi connectivity index (χ3n) is 3.13. The lowest BCUT2D eigenvalue weighted by atomic mass is 10.2. The molecule has 4 heteroatoms. The van der Waals surface area contributed by atoms with E-state index < -0.39 is 0 Å². The third-order valence-corrected chi connectivity index (χ3v) is 4.30. The van der Waals surface area contributed by atoms with Crippen LogP contribution in [0.4, 0.5) is 5.69 Å². The number of nitrogens with zero attached hydrogens (tertiary/aromatic N) is 1. The minimum Gasteiger partial charge on any atom is -0.384 e. The molecule has 0 saturated carbocycles. The zero-order chi connectivity index (χ0) is 13.4. The van der Waals surface area contributed by atoms with Crippen LogP contribution in [0.1, 0.15) is 13.3 Å². The summed E-state index contributed by atoms with van der Waals surface area (Å²) in [7, 11) is 2.20. The van der Waals surface area contributed by atoms with Crippen molar-refractivity contribution in [3.63, 3.8) is 0 Å². The Morgan fingerprint density at radius 2 is 2.00 bits per heavy atom. The first-order chi connectivity index (χ1) is 8.63. The van der Waals surface area contributed by atoms with E-state index >= 15 is 0 Å². The molecule has 0 fully saturated rings. The van der Waals surface area contributed by atoms with Crippen LogP contribution in [0.5, 0.6) is 0 Å². The summed E-state index contributed by atoms with van der Waals surface area (Å²) in [6.07, 6.45) is 3.43. The maximum Gasteiger partial charge on any atom is 0.0341 e. The molecule has 0 bridgehead atoms. The summed E-state index contributed by atoms with van der Waals surface area (Å²) in [5.74, 6) is 1.24. The molecule has 0 aliphatic carbocycles. The highest BCUT2D eigenvalue weighted by Gasteiger charge is 2.07. The van der Waals surface area contributed by atoms with Crippen molar-refractivity contribution < 1.29 is 0 Å². The van der Waals surface area contributed by atoms with E-state index in [1.54, 1.807) is 0 Å². The van der Waals surface area contributed by atoms with Crippen LogP contribution >= 0.6 is 27.7 Å². The maximum atomic E-state index is 3.45. The quantitative estimate of drug-likeness (QED) is 0.777. The summed E-state index contributed by atoms with van der Waals surface area (Å²) < 4.78 is 1.12. The summed E-state index contributed by atoms with van der Waals surface area (Å²) in [6.45, 7) is 4.36. The fourth-order valence-electron chi connectivity index (χ4n) is 1.67. The van der Waals surface area contributed by atoms with Crippen LogP contribution in [0.3, 0.4) is 0 Å². The van der Waals surface area contributed by atoms with Gasteiger partial charge in [0.05, 0.1) is 0 Å². The van der Waals surface area contributed by atoms with Gasteiger partial charge in [0.1, 0.15) is 0 Å². The first-order valence-corrected chi connectivity index (χ1v) is 8.50. The molecule has 0 aliphatic rings. The zero-order valence-corrected chi connectivity index (χ0v) is 13.9. The molecule has 0 saturated heterocycles. The SMILES string of the molecule is CSCCC(C)N(C)CCNc1ccc(Br)cc1. The van der Waals surface area contributed by atoms with Gasteiger partial charge in [-0.05, 0) is 56.7 Å². The number of anilines is 1. The molecule has 102 valence electrons. The molecule has 0 amide bonds. The highest BCUT2D eigenvalue weighted by molar-refractivity contribution is 9.10. The van der Waals surface area contributed by atoms with Crippen molar-refractivity contribution in [1.82, 2.24) is 4.90 Å². The van der Waals surface area contributed by atoms with Crippen molar-refractivity contribution in [2.24, 2.45) is 0 Å². The number of nitrogens with one attached hydrogen (secondary N) is 1. The number of likely N-dealkylation sites (N-methyl/N-ethyl adjacent to an activating group) is 1. The van der Waals surface area contributed by atoms with E-state index in [0.29, 0.717) is 6.04 Å². The standard InChI is InChI=1S/C14H23BrN2S/c1-12(8-11-18-3)17(2)10-9-16-14-6-4-13(15)5-7-14/h4-7,12,16H,8-11H2,1-3H3. The fraction of sp³-hybridized carbons (Fsp3) is 0.571. The van der Waals surface area contributed by atoms with Gasteiger partial charge in [0.15, 0.2) is 0 Å². The van der Waals surface area contributed by atoms with Crippen LogP contribution in [0.25, 0.3) is 0 Å². The summed E-state index contributed by atoms with van der Waals surface area (Å²) in [6, 6.07) is 8.98. The lowest BCUT2D eigenvalue weighted by molar-refractivity contribution is 0.262. The fourth-order valence-corrected chi connectivity index (χ4v) is 2.51. The zero-order valence-electron chi connectivity index (χ0n) is 11.4. The summed E-state index contributed by atoms with van der Waals surface area (Å²) in [4.78, 5) is 2.42. The third kappa shape index (κ3) is 6.12. The molecule has 0 aliphatic heterocycles. The van der Waals surface area contributed by atoms with Gasteiger partial charge in [-0.25, -0.2) is 0 Å². The Hall–Kier alpha value is -0.190. The molecule has 1 aromatic rings. The number of rotatable bonds is 8. The van der Waals surface area contributed by atoms with Crippen molar-refractivity contribution in [2.75, 3.05) is 37.5 Å². The first-order valence-electron chi connectivity index (χ1n) is 6.32. The molecule has 0 spiro atoms. The van der Waals surface area contributed by atoms with Crippen molar-refractivity contribution >= 4 is 33.4 Å². The second kappa shape index (κ2) is 8.83. The van der Waals surface area contributed by atoms with Gasteiger partial charge in [0.25, 0.3) is 0 Å². The molecule has 0 heterocycles. The van der Waals surface area contributed by atoms with Gasteiger partial charge in [-0.2, -0.15) is 11.8 Å². The van der Waals surface area contributed by atoms with Gasteiger partial charge >= 0.3 is 0 Å². The Kier molecular flexibility index (Phi) is 7.79. The van der Waals surface area contributed by atoms with Gasteiger partial charge in [-0.15, -0.1) is 0 Å². The van der Waals surface area contributed by atoms with Crippen molar-refractivity contribution in [3.8, 4) is 0 Å². The van der Waals surface area contributed by atoms with E-state index in [2.05, 4.69) is 70.6 Å².